The van der Waals surface area contributed by atoms with Crippen molar-refractivity contribution in [3.63, 3.8) is 0 Å². The molecule has 0 spiro atoms. The monoisotopic (exact) mass is 217 g/mol. The van der Waals surface area contributed by atoms with Gasteiger partial charge >= 0.3 is 7.91 Å². The Hall–Kier alpha value is -1.46. The van der Waals surface area contributed by atoms with E-state index in [1.54, 1.807) is 6.92 Å². The second-order valence-electron chi connectivity index (χ2n) is 2.50. The molecule has 2 N–H and O–H groups in total. The van der Waals surface area contributed by atoms with Crippen LogP contribution in [-0.4, -0.2) is 9.55 Å². The lowest BCUT2D eigenvalue weighted by atomic mass is 10.4. The number of nitrogen functional groups attached to an aromatic ring is 1. The molecule has 0 aliphatic heterocycles. The van der Waals surface area contributed by atoms with E-state index in [0.29, 0.717) is 5.69 Å². The van der Waals surface area contributed by atoms with E-state index in [-0.39, 0.29) is 5.95 Å². The molecule has 8 heteroatoms. The van der Waals surface area contributed by atoms with Crippen LogP contribution < -0.4 is 11.3 Å². The summed E-state index contributed by atoms with van der Waals surface area (Å²) in [7, 11) is -3.00. The van der Waals surface area contributed by atoms with Crippen molar-refractivity contribution in [1.82, 2.24) is 9.55 Å². The minimum Gasteiger partial charge on any atom is -0.369 e. The van der Waals surface area contributed by atoms with Gasteiger partial charge in [-0.1, -0.05) is 0 Å². The Morgan fingerprint density at radius 3 is 2.79 bits per heavy atom. The van der Waals surface area contributed by atoms with Gasteiger partial charge in [-0.15, -0.1) is 0 Å². The zero-order valence-electron chi connectivity index (χ0n) is 7.34. The van der Waals surface area contributed by atoms with Gasteiger partial charge in [0.05, 0.1) is 0 Å². The van der Waals surface area contributed by atoms with Crippen LogP contribution in [0.1, 0.15) is 5.69 Å². The average molecular weight is 217 g/mol. The number of anilines is 1. The number of hydrogen-bond donors (Lipinski definition) is 1. The summed E-state index contributed by atoms with van der Waals surface area (Å²) < 4.78 is 25.3. The molecule has 0 fully saturated rings. The van der Waals surface area contributed by atoms with Gasteiger partial charge in [0.2, 0.25) is 5.95 Å². The SMILES string of the molecule is Cc1cc(=O)n(COP(=O)=O)c(N)n1. The number of rotatable bonds is 3. The fraction of sp³-hybridized carbons (Fsp3) is 0.333. The lowest BCUT2D eigenvalue weighted by Crippen LogP contribution is -2.24. The molecule has 0 bridgehead atoms. The third-order valence-corrected chi connectivity index (χ3v) is 1.78. The van der Waals surface area contributed by atoms with Gasteiger partial charge in [0, 0.05) is 11.8 Å². The highest BCUT2D eigenvalue weighted by Gasteiger charge is 2.04. The molecule has 1 aromatic rings. The van der Waals surface area contributed by atoms with Crippen LogP contribution in [0.2, 0.25) is 0 Å². The summed E-state index contributed by atoms with van der Waals surface area (Å²) in [5, 5.41) is 0. The normalized spacial score (nSPS) is 10.1. The molecule has 7 nitrogen and oxygen atoms in total. The van der Waals surface area contributed by atoms with Crippen molar-refractivity contribution < 1.29 is 13.7 Å². The van der Waals surface area contributed by atoms with Crippen LogP contribution in [0, 0.1) is 6.92 Å². The van der Waals surface area contributed by atoms with Gasteiger partial charge in [-0.3, -0.25) is 9.36 Å². The molecule has 0 saturated heterocycles. The molecule has 0 aliphatic rings. The molecular formula is C6H8N3O4P. The summed E-state index contributed by atoms with van der Waals surface area (Å²) in [5.74, 6) is -0.0770. The first-order chi connectivity index (χ1) is 6.50. The molecule has 0 amide bonds. The van der Waals surface area contributed by atoms with Gasteiger partial charge in [0.1, 0.15) is 6.73 Å². The Bertz CT molecular complexity index is 457. The molecule has 0 radical (unpaired) electrons. The van der Waals surface area contributed by atoms with Crippen LogP contribution >= 0.6 is 7.91 Å². The largest absolute Gasteiger partial charge is 0.469 e. The maximum atomic E-state index is 11.2. The van der Waals surface area contributed by atoms with Gasteiger partial charge in [0.15, 0.2) is 0 Å². The fourth-order valence-electron chi connectivity index (χ4n) is 0.877. The van der Waals surface area contributed by atoms with E-state index in [0.717, 1.165) is 4.57 Å². The Kier molecular flexibility index (Phi) is 3.16. The van der Waals surface area contributed by atoms with Crippen LogP contribution in [-0.2, 0) is 20.4 Å². The lowest BCUT2D eigenvalue weighted by molar-refractivity contribution is 0.232. The summed E-state index contributed by atoms with van der Waals surface area (Å²) in [5.41, 5.74) is 5.40. The van der Waals surface area contributed by atoms with Crippen molar-refractivity contribution in [2.45, 2.75) is 13.7 Å². The van der Waals surface area contributed by atoms with E-state index in [1.807, 2.05) is 0 Å². The smallest absolute Gasteiger partial charge is 0.369 e. The predicted octanol–water partition coefficient (Wildman–Crippen LogP) is 0.196. The van der Waals surface area contributed by atoms with E-state index in [2.05, 4.69) is 9.51 Å². The molecule has 0 atom stereocenters. The molecule has 0 aliphatic carbocycles. The Balaban J connectivity index is 3.03. The molecule has 1 aromatic heterocycles. The van der Waals surface area contributed by atoms with E-state index < -0.39 is 20.2 Å². The first kappa shape index (κ1) is 10.6. The highest BCUT2D eigenvalue weighted by atomic mass is 31.1. The maximum absolute atomic E-state index is 11.2. The maximum Gasteiger partial charge on any atom is 0.469 e. The summed E-state index contributed by atoms with van der Waals surface area (Å²) in [6, 6.07) is 1.23. The van der Waals surface area contributed by atoms with Gasteiger partial charge in [-0.2, -0.15) is 0 Å². The van der Waals surface area contributed by atoms with Crippen molar-refractivity contribution in [1.29, 1.82) is 0 Å². The molecule has 14 heavy (non-hydrogen) atoms. The molecule has 0 saturated carbocycles. The number of nitrogens with zero attached hydrogens (tertiary/aromatic N) is 2. The van der Waals surface area contributed by atoms with Gasteiger partial charge in [0.25, 0.3) is 5.56 Å². The summed E-state index contributed by atoms with van der Waals surface area (Å²) >= 11 is 0. The van der Waals surface area contributed by atoms with Crippen molar-refractivity contribution in [3.8, 4) is 0 Å². The number of aromatic nitrogens is 2. The Labute approximate surface area is 79.4 Å². The van der Waals surface area contributed by atoms with E-state index in [4.69, 9.17) is 5.73 Å². The molecule has 0 aromatic carbocycles. The number of aryl methyl sites for hydroxylation is 1. The summed E-state index contributed by atoms with van der Waals surface area (Å²) in [6.07, 6.45) is 0. The van der Waals surface area contributed by atoms with Gasteiger partial charge < -0.3 is 5.73 Å². The quantitative estimate of drug-likeness (QED) is 0.725. The van der Waals surface area contributed by atoms with Crippen LogP contribution in [0.5, 0.6) is 0 Å². The molecular weight excluding hydrogens is 209 g/mol. The van der Waals surface area contributed by atoms with Crippen LogP contribution in [0.15, 0.2) is 10.9 Å². The van der Waals surface area contributed by atoms with Gasteiger partial charge in [-0.05, 0) is 6.92 Å². The third kappa shape index (κ3) is 2.51. The number of hydrogen-bond acceptors (Lipinski definition) is 6. The van der Waals surface area contributed by atoms with E-state index in [9.17, 15) is 13.9 Å². The topological polar surface area (TPSA) is 104 Å². The standard InChI is InChI=1S/C6H8N3O4P/c1-4-2-5(10)9(6(7)8-4)3-13-14(11)12/h2H,3H2,1H3,(H2,7,8). The summed E-state index contributed by atoms with van der Waals surface area (Å²) in [4.78, 5) is 15.0. The van der Waals surface area contributed by atoms with Crippen LogP contribution in [0.3, 0.4) is 0 Å². The zero-order valence-corrected chi connectivity index (χ0v) is 8.23. The third-order valence-electron chi connectivity index (χ3n) is 1.46. The fourth-order valence-corrected chi connectivity index (χ4v) is 1.09. The highest BCUT2D eigenvalue weighted by molar-refractivity contribution is 7.24. The Morgan fingerprint density at radius 2 is 2.29 bits per heavy atom. The van der Waals surface area contributed by atoms with E-state index in [1.165, 1.54) is 6.07 Å². The van der Waals surface area contributed by atoms with E-state index >= 15 is 0 Å². The Morgan fingerprint density at radius 1 is 1.64 bits per heavy atom. The molecule has 1 rings (SSSR count). The minimum atomic E-state index is -3.00. The van der Waals surface area contributed by atoms with Crippen LogP contribution in [0.25, 0.3) is 0 Å². The highest BCUT2D eigenvalue weighted by Crippen LogP contribution is 2.07. The average Bonchev–Trinajstić information content (AvgIpc) is 2.01. The first-order valence-electron chi connectivity index (χ1n) is 3.62. The lowest BCUT2D eigenvalue weighted by Gasteiger charge is -2.05. The second kappa shape index (κ2) is 4.17. The van der Waals surface area contributed by atoms with Gasteiger partial charge in [-0.25, -0.2) is 18.6 Å². The van der Waals surface area contributed by atoms with Crippen LogP contribution in [0.4, 0.5) is 5.95 Å². The zero-order chi connectivity index (χ0) is 10.7. The number of nitrogens with two attached hydrogens (primary N) is 1. The van der Waals surface area contributed by atoms with Crippen molar-refractivity contribution >= 4 is 13.9 Å². The second-order valence-corrected chi connectivity index (χ2v) is 3.21. The predicted molar refractivity (Wildman–Crippen MR) is 47.0 cm³/mol. The van der Waals surface area contributed by atoms with Crippen molar-refractivity contribution in [3.05, 3.63) is 22.1 Å². The molecule has 1 heterocycles. The summed E-state index contributed by atoms with van der Waals surface area (Å²) in [6.45, 7) is 1.16. The molecule has 76 valence electrons. The minimum absolute atomic E-state index is 0.0770. The van der Waals surface area contributed by atoms with Crippen molar-refractivity contribution in [2.75, 3.05) is 5.73 Å². The first-order valence-corrected chi connectivity index (χ1v) is 4.71. The molecule has 0 unspecified atom stereocenters. The van der Waals surface area contributed by atoms with Crippen molar-refractivity contribution in [2.24, 2.45) is 0 Å².